The second-order valence-electron chi connectivity index (χ2n) is 2.94. The summed E-state index contributed by atoms with van der Waals surface area (Å²) >= 11 is 0. The van der Waals surface area contributed by atoms with Gasteiger partial charge in [-0.15, -0.1) is 0 Å². The lowest BCUT2D eigenvalue weighted by Gasteiger charge is -2.07. The normalized spacial score (nSPS) is 9.93. The Balaban J connectivity index is 2.30. The van der Waals surface area contributed by atoms with Crippen LogP contribution in [0.4, 0.5) is 5.82 Å². The van der Waals surface area contributed by atoms with Gasteiger partial charge < -0.3 is 10.5 Å². The van der Waals surface area contributed by atoms with E-state index in [0.717, 1.165) is 5.69 Å². The van der Waals surface area contributed by atoms with Gasteiger partial charge in [0.05, 0.1) is 5.69 Å². The van der Waals surface area contributed by atoms with Crippen molar-refractivity contribution in [2.24, 2.45) is 0 Å². The smallest absolute Gasteiger partial charge is 0.262 e. The summed E-state index contributed by atoms with van der Waals surface area (Å²) in [5.41, 5.74) is 6.38. The monoisotopic (exact) mass is 202 g/mol. The fraction of sp³-hybridized carbons (Fsp3) is 0.100. The van der Waals surface area contributed by atoms with Crippen LogP contribution in [-0.2, 0) is 0 Å². The van der Waals surface area contributed by atoms with Gasteiger partial charge in [0.2, 0.25) is 0 Å². The van der Waals surface area contributed by atoms with E-state index in [4.69, 9.17) is 10.5 Å². The molecule has 0 radical (unpaired) electrons. The molecule has 2 N–H and O–H groups in total. The summed E-state index contributed by atoms with van der Waals surface area (Å²) in [6.07, 6.45) is 4.73. The van der Waals surface area contributed by atoms with Gasteiger partial charge in [0, 0.05) is 18.6 Å². The molecule has 0 saturated heterocycles. The quantitative estimate of drug-likeness (QED) is 0.799. The molecule has 5 heteroatoms. The van der Waals surface area contributed by atoms with Gasteiger partial charge in [-0.05, 0) is 19.1 Å². The van der Waals surface area contributed by atoms with E-state index in [2.05, 4.69) is 15.0 Å². The molecule has 2 aromatic heterocycles. The molecule has 2 heterocycles. The highest BCUT2D eigenvalue weighted by Gasteiger charge is 2.05. The molecule has 0 amide bonds. The number of hydrogen-bond donors (Lipinski definition) is 1. The number of pyridine rings is 1. The first-order valence-corrected chi connectivity index (χ1v) is 4.43. The number of nitrogen functional groups attached to an aromatic ring is 1. The third-order valence-corrected chi connectivity index (χ3v) is 1.86. The number of nitrogens with two attached hydrogens (primary N) is 1. The lowest BCUT2D eigenvalue weighted by atomic mass is 10.3. The van der Waals surface area contributed by atoms with Gasteiger partial charge in [-0.25, -0.2) is 9.97 Å². The molecular weight excluding hydrogens is 192 g/mol. The third kappa shape index (κ3) is 2.01. The number of ether oxygens (including phenoxy) is 1. The van der Waals surface area contributed by atoms with Crippen molar-refractivity contribution >= 4 is 5.82 Å². The van der Waals surface area contributed by atoms with Crippen LogP contribution in [0.15, 0.2) is 30.7 Å². The van der Waals surface area contributed by atoms with Crippen molar-refractivity contribution in [1.29, 1.82) is 0 Å². The minimum absolute atomic E-state index is 0.265. The summed E-state index contributed by atoms with van der Waals surface area (Å²) in [4.78, 5) is 11.9. The first-order valence-electron chi connectivity index (χ1n) is 4.43. The Morgan fingerprint density at radius 2 is 1.93 bits per heavy atom. The van der Waals surface area contributed by atoms with E-state index in [-0.39, 0.29) is 5.82 Å². The van der Waals surface area contributed by atoms with E-state index >= 15 is 0 Å². The van der Waals surface area contributed by atoms with Crippen LogP contribution in [-0.4, -0.2) is 15.0 Å². The molecule has 0 bridgehead atoms. The molecule has 0 unspecified atom stereocenters. The molecule has 2 rings (SSSR count). The predicted molar refractivity (Wildman–Crippen MR) is 55.5 cm³/mol. The molecule has 0 aliphatic carbocycles. The largest absolute Gasteiger partial charge is 0.434 e. The molecule has 0 fully saturated rings. The Morgan fingerprint density at radius 1 is 1.13 bits per heavy atom. The maximum absolute atomic E-state index is 5.60. The Bertz CT molecular complexity index is 429. The Kier molecular flexibility index (Phi) is 2.45. The second kappa shape index (κ2) is 3.91. The van der Waals surface area contributed by atoms with Crippen molar-refractivity contribution in [3.63, 3.8) is 0 Å². The summed E-state index contributed by atoms with van der Waals surface area (Å²) < 4.78 is 5.48. The van der Waals surface area contributed by atoms with Crippen LogP contribution < -0.4 is 10.5 Å². The van der Waals surface area contributed by atoms with Gasteiger partial charge in [0.1, 0.15) is 0 Å². The van der Waals surface area contributed by atoms with Crippen molar-refractivity contribution in [1.82, 2.24) is 15.0 Å². The van der Waals surface area contributed by atoms with Crippen molar-refractivity contribution < 1.29 is 4.74 Å². The fourth-order valence-corrected chi connectivity index (χ4v) is 1.10. The summed E-state index contributed by atoms with van der Waals surface area (Å²) in [5.74, 6) is 1.19. The minimum Gasteiger partial charge on any atom is -0.434 e. The van der Waals surface area contributed by atoms with E-state index in [0.29, 0.717) is 11.6 Å². The van der Waals surface area contributed by atoms with Crippen LogP contribution in [0.5, 0.6) is 11.6 Å². The summed E-state index contributed by atoms with van der Waals surface area (Å²) in [5, 5.41) is 0. The number of rotatable bonds is 2. The van der Waals surface area contributed by atoms with Crippen LogP contribution in [0.2, 0.25) is 0 Å². The SMILES string of the molecule is Cc1ncccc1Oc1nccnc1N. The lowest BCUT2D eigenvalue weighted by Crippen LogP contribution is -1.98. The molecule has 2 aromatic rings. The number of aromatic nitrogens is 3. The van der Waals surface area contributed by atoms with Gasteiger partial charge in [-0.3, -0.25) is 4.98 Å². The van der Waals surface area contributed by atoms with Gasteiger partial charge in [-0.2, -0.15) is 0 Å². The van der Waals surface area contributed by atoms with Gasteiger partial charge in [0.15, 0.2) is 11.6 Å². The topological polar surface area (TPSA) is 73.9 Å². The number of aryl methyl sites for hydroxylation is 1. The van der Waals surface area contributed by atoms with E-state index < -0.39 is 0 Å². The van der Waals surface area contributed by atoms with Gasteiger partial charge >= 0.3 is 0 Å². The molecule has 76 valence electrons. The Hall–Kier alpha value is -2.17. The molecular formula is C10H10N4O. The standard InChI is InChI=1S/C10H10N4O/c1-7-8(3-2-4-12-7)15-10-9(11)13-5-6-14-10/h2-6H,1H3,(H2,11,13). The summed E-state index contributed by atoms with van der Waals surface area (Å²) in [6.45, 7) is 1.85. The molecule has 15 heavy (non-hydrogen) atoms. The van der Waals surface area contributed by atoms with Gasteiger partial charge in [0.25, 0.3) is 5.88 Å². The molecule has 5 nitrogen and oxygen atoms in total. The number of hydrogen-bond acceptors (Lipinski definition) is 5. The maximum atomic E-state index is 5.60. The zero-order valence-corrected chi connectivity index (χ0v) is 8.21. The van der Waals surface area contributed by atoms with E-state index in [1.165, 1.54) is 12.4 Å². The zero-order chi connectivity index (χ0) is 10.7. The average Bonchev–Trinajstić information content (AvgIpc) is 2.24. The van der Waals surface area contributed by atoms with Crippen molar-refractivity contribution in [3.05, 3.63) is 36.4 Å². The Morgan fingerprint density at radius 3 is 2.67 bits per heavy atom. The Labute approximate surface area is 87.0 Å². The zero-order valence-electron chi connectivity index (χ0n) is 8.21. The van der Waals surface area contributed by atoms with Crippen molar-refractivity contribution in [2.45, 2.75) is 6.92 Å². The van der Waals surface area contributed by atoms with E-state index in [1.807, 2.05) is 6.92 Å². The highest BCUT2D eigenvalue weighted by atomic mass is 16.5. The molecule has 0 aliphatic rings. The van der Waals surface area contributed by atoms with Crippen LogP contribution in [0.25, 0.3) is 0 Å². The highest BCUT2D eigenvalue weighted by molar-refractivity contribution is 5.42. The summed E-state index contributed by atoms with van der Waals surface area (Å²) in [6, 6.07) is 3.59. The third-order valence-electron chi connectivity index (χ3n) is 1.86. The highest BCUT2D eigenvalue weighted by Crippen LogP contribution is 2.24. The molecule has 0 aromatic carbocycles. The lowest BCUT2D eigenvalue weighted by molar-refractivity contribution is 0.457. The maximum Gasteiger partial charge on any atom is 0.262 e. The van der Waals surface area contributed by atoms with Gasteiger partial charge in [-0.1, -0.05) is 0 Å². The second-order valence-corrected chi connectivity index (χ2v) is 2.94. The molecule has 0 saturated carbocycles. The van der Waals surface area contributed by atoms with Crippen molar-refractivity contribution in [3.8, 4) is 11.6 Å². The molecule has 0 spiro atoms. The molecule has 0 aliphatic heterocycles. The molecule has 0 atom stereocenters. The fourth-order valence-electron chi connectivity index (χ4n) is 1.10. The van der Waals surface area contributed by atoms with Crippen LogP contribution in [0.1, 0.15) is 5.69 Å². The predicted octanol–water partition coefficient (Wildman–Crippen LogP) is 1.55. The minimum atomic E-state index is 0.265. The van der Waals surface area contributed by atoms with Crippen molar-refractivity contribution in [2.75, 3.05) is 5.73 Å². The van der Waals surface area contributed by atoms with Crippen LogP contribution >= 0.6 is 0 Å². The average molecular weight is 202 g/mol. The van der Waals surface area contributed by atoms with Crippen LogP contribution in [0.3, 0.4) is 0 Å². The summed E-state index contributed by atoms with van der Waals surface area (Å²) in [7, 11) is 0. The first-order chi connectivity index (χ1) is 7.27. The first kappa shape index (κ1) is 9.39. The number of anilines is 1. The van der Waals surface area contributed by atoms with E-state index in [1.54, 1.807) is 18.3 Å². The van der Waals surface area contributed by atoms with E-state index in [9.17, 15) is 0 Å². The number of nitrogens with zero attached hydrogens (tertiary/aromatic N) is 3. The van der Waals surface area contributed by atoms with Crippen LogP contribution in [0, 0.1) is 6.92 Å².